The van der Waals surface area contributed by atoms with Crippen LogP contribution in [0.2, 0.25) is 0 Å². The Morgan fingerprint density at radius 2 is 2.00 bits per heavy atom. The number of nitrogens with two attached hydrogens (primary N) is 1. The Morgan fingerprint density at radius 3 is 2.58 bits per heavy atom. The number of phenols is 1. The monoisotopic (exact) mass is 343 g/mol. The maximum atomic E-state index is 12.1. The molecular weight excluding hydrogens is 334 g/mol. The van der Waals surface area contributed by atoms with Gasteiger partial charge in [0, 0.05) is 10.7 Å². The summed E-state index contributed by atoms with van der Waals surface area (Å²) in [5, 5.41) is 9.27. The Labute approximate surface area is 118 Å². The molecule has 0 spiro atoms. The number of pyridine rings is 1. The zero-order valence-corrected chi connectivity index (χ0v) is 11.9. The van der Waals surface area contributed by atoms with Crippen molar-refractivity contribution in [3.63, 3.8) is 0 Å². The van der Waals surface area contributed by atoms with Gasteiger partial charge in [-0.15, -0.1) is 0 Å². The molecule has 4 N–H and O–H groups in total. The van der Waals surface area contributed by atoms with Gasteiger partial charge in [0.2, 0.25) is 0 Å². The molecule has 0 aliphatic carbocycles. The Hall–Kier alpha value is -1.80. The van der Waals surface area contributed by atoms with Gasteiger partial charge in [-0.25, -0.2) is 13.4 Å². The molecule has 0 radical (unpaired) electrons. The lowest BCUT2D eigenvalue weighted by Crippen LogP contribution is -2.14. The van der Waals surface area contributed by atoms with E-state index in [0.717, 1.165) is 4.47 Å². The van der Waals surface area contributed by atoms with Crippen LogP contribution >= 0.6 is 15.9 Å². The lowest BCUT2D eigenvalue weighted by Gasteiger charge is -2.08. The van der Waals surface area contributed by atoms with Crippen LogP contribution in [0, 0.1) is 0 Å². The van der Waals surface area contributed by atoms with Crippen LogP contribution < -0.4 is 10.5 Å². The molecule has 0 unspecified atom stereocenters. The zero-order valence-electron chi connectivity index (χ0n) is 9.54. The van der Waals surface area contributed by atoms with Gasteiger partial charge in [-0.1, -0.05) is 0 Å². The number of sulfonamides is 1. The molecule has 1 heterocycles. The third-order valence-corrected chi connectivity index (χ3v) is 4.10. The minimum atomic E-state index is -3.78. The quantitative estimate of drug-likeness (QED) is 0.583. The van der Waals surface area contributed by atoms with E-state index in [2.05, 4.69) is 25.6 Å². The highest BCUT2D eigenvalue weighted by Gasteiger charge is 2.16. The summed E-state index contributed by atoms with van der Waals surface area (Å²) in [7, 11) is -3.78. The fourth-order valence-corrected chi connectivity index (χ4v) is 2.61. The van der Waals surface area contributed by atoms with E-state index in [4.69, 9.17) is 5.73 Å². The molecule has 19 heavy (non-hydrogen) atoms. The lowest BCUT2D eigenvalue weighted by molar-refractivity contribution is 0.477. The molecular formula is C11H10BrN3O3S. The molecule has 0 aliphatic rings. The van der Waals surface area contributed by atoms with E-state index < -0.39 is 10.0 Å². The maximum Gasteiger partial charge on any atom is 0.263 e. The number of nitrogens with one attached hydrogen (secondary N) is 1. The first-order valence-electron chi connectivity index (χ1n) is 5.11. The molecule has 0 saturated carbocycles. The summed E-state index contributed by atoms with van der Waals surface area (Å²) in [6, 6.07) is 6.84. The smallest absolute Gasteiger partial charge is 0.263 e. The third-order valence-electron chi connectivity index (χ3n) is 2.28. The molecule has 0 amide bonds. The fourth-order valence-electron chi connectivity index (χ4n) is 1.33. The number of benzene rings is 1. The first-order chi connectivity index (χ1) is 8.88. The predicted molar refractivity (Wildman–Crippen MR) is 75.3 cm³/mol. The number of halogens is 1. The zero-order chi connectivity index (χ0) is 14.0. The van der Waals surface area contributed by atoms with Crippen molar-refractivity contribution in [1.29, 1.82) is 0 Å². The van der Waals surface area contributed by atoms with Crippen LogP contribution in [0.25, 0.3) is 0 Å². The van der Waals surface area contributed by atoms with Crippen LogP contribution in [0.4, 0.5) is 11.5 Å². The number of hydrogen-bond acceptors (Lipinski definition) is 5. The minimum Gasteiger partial charge on any atom is -0.506 e. The first-order valence-corrected chi connectivity index (χ1v) is 7.39. The normalized spacial score (nSPS) is 11.2. The van der Waals surface area contributed by atoms with Crippen LogP contribution in [0.5, 0.6) is 5.75 Å². The molecule has 2 rings (SSSR count). The third kappa shape index (κ3) is 3.15. The highest BCUT2D eigenvalue weighted by Crippen LogP contribution is 2.24. The van der Waals surface area contributed by atoms with Crippen LogP contribution in [0.1, 0.15) is 0 Å². The van der Waals surface area contributed by atoms with E-state index in [9.17, 15) is 13.5 Å². The summed E-state index contributed by atoms with van der Waals surface area (Å²) >= 11 is 3.20. The van der Waals surface area contributed by atoms with Crippen molar-refractivity contribution in [2.45, 2.75) is 4.90 Å². The minimum absolute atomic E-state index is 0.00774. The fraction of sp³-hybridized carbons (Fsp3) is 0. The van der Waals surface area contributed by atoms with Gasteiger partial charge in [0.1, 0.15) is 11.6 Å². The molecule has 1 aromatic carbocycles. The number of phenolic OH excluding ortho intramolecular Hbond substituents is 1. The summed E-state index contributed by atoms with van der Waals surface area (Å²) in [5.74, 6) is 0.0237. The van der Waals surface area contributed by atoms with Gasteiger partial charge in [0.05, 0.1) is 10.6 Å². The van der Waals surface area contributed by atoms with Gasteiger partial charge in [-0.3, -0.25) is 4.72 Å². The Balaban J connectivity index is 2.32. The molecule has 0 atom stereocenters. The van der Waals surface area contributed by atoms with Crippen LogP contribution in [0.15, 0.2) is 45.9 Å². The predicted octanol–water partition coefficient (Wildman–Crippen LogP) is 1.93. The van der Waals surface area contributed by atoms with Crippen LogP contribution in [-0.2, 0) is 10.0 Å². The van der Waals surface area contributed by atoms with Crippen molar-refractivity contribution in [2.24, 2.45) is 0 Å². The number of anilines is 2. The van der Waals surface area contributed by atoms with E-state index in [1.807, 2.05) is 0 Å². The SMILES string of the molecule is Nc1cc(S(=O)(=O)Nc2ccc(Br)cn2)ccc1O. The van der Waals surface area contributed by atoms with Crippen molar-refractivity contribution < 1.29 is 13.5 Å². The molecule has 100 valence electrons. The van der Waals surface area contributed by atoms with Crippen LogP contribution in [0.3, 0.4) is 0 Å². The molecule has 6 nitrogen and oxygen atoms in total. The summed E-state index contributed by atoms with van der Waals surface area (Å²) in [6.45, 7) is 0. The number of nitrogens with zero attached hydrogens (tertiary/aromatic N) is 1. The van der Waals surface area contributed by atoms with Gasteiger partial charge in [0.15, 0.2) is 0 Å². The van der Waals surface area contributed by atoms with E-state index in [1.165, 1.54) is 30.5 Å². The van der Waals surface area contributed by atoms with E-state index in [0.29, 0.717) is 0 Å². The average molecular weight is 344 g/mol. The molecule has 8 heteroatoms. The number of rotatable bonds is 3. The molecule has 0 fully saturated rings. The Bertz CT molecular complexity index is 702. The Morgan fingerprint density at radius 1 is 1.26 bits per heavy atom. The molecule has 0 saturated heterocycles. The summed E-state index contributed by atoms with van der Waals surface area (Å²) in [5.41, 5.74) is 5.46. The molecule has 2 aromatic rings. The topological polar surface area (TPSA) is 105 Å². The highest BCUT2D eigenvalue weighted by molar-refractivity contribution is 9.10. The van der Waals surface area contributed by atoms with Crippen molar-refractivity contribution in [2.75, 3.05) is 10.5 Å². The second kappa shape index (κ2) is 5.06. The standard InChI is InChI=1S/C11H10BrN3O3S/c12-7-1-4-11(14-6-7)15-19(17,18)8-2-3-10(16)9(13)5-8/h1-6,16H,13H2,(H,14,15). The van der Waals surface area contributed by atoms with Crippen molar-refractivity contribution in [3.8, 4) is 5.75 Å². The highest BCUT2D eigenvalue weighted by atomic mass is 79.9. The molecule has 1 aromatic heterocycles. The second-order valence-electron chi connectivity index (χ2n) is 3.69. The molecule has 0 aliphatic heterocycles. The number of aromatic hydroxyl groups is 1. The number of nitrogen functional groups attached to an aromatic ring is 1. The summed E-state index contributed by atoms with van der Waals surface area (Å²) < 4.78 is 27.2. The van der Waals surface area contributed by atoms with E-state index in [-0.39, 0.29) is 22.2 Å². The van der Waals surface area contributed by atoms with Crippen molar-refractivity contribution >= 4 is 37.5 Å². The van der Waals surface area contributed by atoms with E-state index in [1.54, 1.807) is 6.07 Å². The van der Waals surface area contributed by atoms with Gasteiger partial charge in [-0.05, 0) is 46.3 Å². The molecule has 0 bridgehead atoms. The number of aromatic nitrogens is 1. The summed E-state index contributed by atoms with van der Waals surface area (Å²) in [4.78, 5) is 3.86. The van der Waals surface area contributed by atoms with Gasteiger partial charge >= 0.3 is 0 Å². The van der Waals surface area contributed by atoms with Crippen molar-refractivity contribution in [3.05, 3.63) is 41.0 Å². The number of hydrogen-bond donors (Lipinski definition) is 3. The van der Waals surface area contributed by atoms with Gasteiger partial charge in [-0.2, -0.15) is 0 Å². The maximum absolute atomic E-state index is 12.1. The van der Waals surface area contributed by atoms with E-state index >= 15 is 0 Å². The average Bonchev–Trinajstić information content (AvgIpc) is 2.35. The largest absolute Gasteiger partial charge is 0.506 e. The lowest BCUT2D eigenvalue weighted by atomic mass is 10.3. The van der Waals surface area contributed by atoms with Crippen LogP contribution in [-0.4, -0.2) is 18.5 Å². The Kier molecular flexibility index (Phi) is 3.63. The van der Waals surface area contributed by atoms with Crippen molar-refractivity contribution in [1.82, 2.24) is 4.98 Å². The first kappa shape index (κ1) is 13.6. The second-order valence-corrected chi connectivity index (χ2v) is 6.29. The summed E-state index contributed by atoms with van der Waals surface area (Å²) in [6.07, 6.45) is 1.48. The van der Waals surface area contributed by atoms with Gasteiger partial charge < -0.3 is 10.8 Å². The van der Waals surface area contributed by atoms with Gasteiger partial charge in [0.25, 0.3) is 10.0 Å².